The van der Waals surface area contributed by atoms with Gasteiger partial charge in [-0.3, -0.25) is 0 Å². The molecule has 0 amide bonds. The lowest BCUT2D eigenvalue weighted by atomic mass is 10.1. The lowest BCUT2D eigenvalue weighted by molar-refractivity contribution is 0.262. The molecule has 0 aliphatic carbocycles. The summed E-state index contributed by atoms with van der Waals surface area (Å²) >= 11 is 1.75. The van der Waals surface area contributed by atoms with E-state index in [1.807, 2.05) is 6.33 Å². The van der Waals surface area contributed by atoms with E-state index in [9.17, 15) is 5.11 Å². The number of thiophene rings is 1. The highest BCUT2D eigenvalue weighted by Crippen LogP contribution is 2.29. The molecule has 4 nitrogen and oxygen atoms in total. The van der Waals surface area contributed by atoms with Gasteiger partial charge in [0.2, 0.25) is 0 Å². The summed E-state index contributed by atoms with van der Waals surface area (Å²) in [4.78, 5) is 5.49. The molecule has 5 heteroatoms. The Bertz CT molecular complexity index is 466. The summed E-state index contributed by atoms with van der Waals surface area (Å²) < 4.78 is 2.09. The summed E-state index contributed by atoms with van der Waals surface area (Å²) in [5.74, 6) is 0. The van der Waals surface area contributed by atoms with Gasteiger partial charge in [-0.15, -0.1) is 11.3 Å². The molecule has 2 aromatic rings. The van der Waals surface area contributed by atoms with Crippen molar-refractivity contribution >= 4 is 11.3 Å². The van der Waals surface area contributed by atoms with Crippen LogP contribution in [0.1, 0.15) is 42.4 Å². The Morgan fingerprint density at radius 1 is 1.56 bits per heavy atom. The number of nitrogens with zero attached hydrogens (tertiary/aromatic N) is 2. The van der Waals surface area contributed by atoms with Crippen LogP contribution in [-0.4, -0.2) is 21.3 Å². The zero-order valence-corrected chi connectivity index (χ0v) is 11.3. The highest BCUT2D eigenvalue weighted by molar-refractivity contribution is 7.10. The standard InChI is InChI=1S/C13H19N3OS/c1-2-4-11(13-5-3-6-18-13)16-9-15-7-12(16)10(14)8-17/h3,5-7,9-11,17H,2,4,8,14H2,1H3. The summed E-state index contributed by atoms with van der Waals surface area (Å²) in [7, 11) is 0. The quantitative estimate of drug-likeness (QED) is 0.842. The van der Waals surface area contributed by atoms with E-state index in [2.05, 4.69) is 34.0 Å². The topological polar surface area (TPSA) is 64.1 Å². The van der Waals surface area contributed by atoms with Gasteiger partial charge < -0.3 is 15.4 Å². The molecule has 0 bridgehead atoms. The third-order valence-corrected chi connectivity index (χ3v) is 4.02. The van der Waals surface area contributed by atoms with Gasteiger partial charge in [0.1, 0.15) is 0 Å². The molecular weight excluding hydrogens is 246 g/mol. The van der Waals surface area contributed by atoms with Crippen LogP contribution in [0.15, 0.2) is 30.0 Å². The van der Waals surface area contributed by atoms with Gasteiger partial charge in [-0.25, -0.2) is 4.98 Å². The van der Waals surface area contributed by atoms with Gasteiger partial charge in [0.05, 0.1) is 30.7 Å². The van der Waals surface area contributed by atoms with Crippen molar-refractivity contribution in [3.05, 3.63) is 40.6 Å². The number of nitrogens with two attached hydrogens (primary N) is 1. The molecule has 2 aromatic heterocycles. The fourth-order valence-electron chi connectivity index (χ4n) is 2.13. The fourth-order valence-corrected chi connectivity index (χ4v) is 2.99. The Balaban J connectivity index is 2.34. The largest absolute Gasteiger partial charge is 0.394 e. The molecule has 2 heterocycles. The summed E-state index contributed by atoms with van der Waals surface area (Å²) in [5, 5.41) is 11.3. The van der Waals surface area contributed by atoms with Crippen molar-refractivity contribution in [2.75, 3.05) is 6.61 Å². The van der Waals surface area contributed by atoms with Crippen LogP contribution in [0.2, 0.25) is 0 Å². The van der Waals surface area contributed by atoms with Gasteiger partial charge in [-0.2, -0.15) is 0 Å². The third kappa shape index (κ3) is 2.63. The number of aliphatic hydroxyl groups is 1. The van der Waals surface area contributed by atoms with Crippen LogP contribution >= 0.6 is 11.3 Å². The summed E-state index contributed by atoms with van der Waals surface area (Å²) in [6.45, 7) is 2.11. The molecule has 0 aromatic carbocycles. The van der Waals surface area contributed by atoms with Crippen molar-refractivity contribution in [2.45, 2.75) is 31.8 Å². The van der Waals surface area contributed by atoms with E-state index in [1.54, 1.807) is 17.5 Å². The highest BCUT2D eigenvalue weighted by atomic mass is 32.1. The maximum Gasteiger partial charge on any atom is 0.0954 e. The van der Waals surface area contributed by atoms with E-state index in [0.717, 1.165) is 18.5 Å². The van der Waals surface area contributed by atoms with E-state index in [0.29, 0.717) is 0 Å². The Morgan fingerprint density at radius 2 is 2.39 bits per heavy atom. The number of aliphatic hydroxyl groups excluding tert-OH is 1. The third-order valence-electron chi connectivity index (χ3n) is 3.04. The molecule has 0 spiro atoms. The SMILES string of the molecule is CCCC(c1cccs1)n1cncc1C(N)CO. The first kappa shape index (κ1) is 13.3. The maximum atomic E-state index is 9.21. The van der Waals surface area contributed by atoms with Crippen LogP contribution in [0.25, 0.3) is 0 Å². The molecule has 98 valence electrons. The van der Waals surface area contributed by atoms with Gasteiger partial charge in [-0.1, -0.05) is 19.4 Å². The molecule has 3 N–H and O–H groups in total. The first-order chi connectivity index (χ1) is 8.77. The van der Waals surface area contributed by atoms with Crippen LogP contribution in [0.4, 0.5) is 0 Å². The molecule has 0 saturated carbocycles. The zero-order valence-electron chi connectivity index (χ0n) is 10.5. The molecule has 2 unspecified atom stereocenters. The molecule has 0 aliphatic rings. The van der Waals surface area contributed by atoms with Crippen molar-refractivity contribution in [3.8, 4) is 0 Å². The van der Waals surface area contributed by atoms with Gasteiger partial charge in [0.25, 0.3) is 0 Å². The average molecular weight is 265 g/mol. The Morgan fingerprint density at radius 3 is 3.00 bits per heavy atom. The second-order valence-corrected chi connectivity index (χ2v) is 5.31. The van der Waals surface area contributed by atoms with Crippen molar-refractivity contribution in [1.82, 2.24) is 9.55 Å². The number of aromatic nitrogens is 2. The van der Waals surface area contributed by atoms with Gasteiger partial charge >= 0.3 is 0 Å². The molecule has 2 atom stereocenters. The minimum absolute atomic E-state index is 0.0605. The molecule has 0 fully saturated rings. The normalized spacial score (nSPS) is 14.6. The van der Waals surface area contributed by atoms with Crippen LogP contribution < -0.4 is 5.73 Å². The molecule has 18 heavy (non-hydrogen) atoms. The summed E-state index contributed by atoms with van der Waals surface area (Å²) in [6, 6.07) is 4.10. The lowest BCUT2D eigenvalue weighted by Gasteiger charge is -2.21. The van der Waals surface area contributed by atoms with E-state index in [-0.39, 0.29) is 18.7 Å². The van der Waals surface area contributed by atoms with Crippen molar-refractivity contribution in [2.24, 2.45) is 5.73 Å². The minimum atomic E-state index is -0.369. The van der Waals surface area contributed by atoms with E-state index in [1.165, 1.54) is 4.88 Å². The Kier molecular flexibility index (Phi) is 4.52. The summed E-state index contributed by atoms with van der Waals surface area (Å²) in [5.41, 5.74) is 6.81. The second kappa shape index (κ2) is 6.13. The van der Waals surface area contributed by atoms with Crippen molar-refractivity contribution in [3.63, 3.8) is 0 Å². The molecule has 0 radical (unpaired) electrons. The number of hydrogen-bond donors (Lipinski definition) is 2. The Hall–Kier alpha value is -1.17. The van der Waals surface area contributed by atoms with Crippen LogP contribution in [0.3, 0.4) is 0 Å². The molecule has 0 aliphatic heterocycles. The van der Waals surface area contributed by atoms with E-state index < -0.39 is 0 Å². The smallest absolute Gasteiger partial charge is 0.0954 e. The first-order valence-electron chi connectivity index (χ1n) is 6.19. The molecular formula is C13H19N3OS. The maximum absolute atomic E-state index is 9.21. The van der Waals surface area contributed by atoms with Crippen molar-refractivity contribution in [1.29, 1.82) is 0 Å². The van der Waals surface area contributed by atoms with Gasteiger partial charge in [0, 0.05) is 11.1 Å². The predicted molar refractivity (Wildman–Crippen MR) is 73.6 cm³/mol. The van der Waals surface area contributed by atoms with Crippen molar-refractivity contribution < 1.29 is 5.11 Å². The minimum Gasteiger partial charge on any atom is -0.394 e. The van der Waals surface area contributed by atoms with Crippen LogP contribution in [0.5, 0.6) is 0 Å². The highest BCUT2D eigenvalue weighted by Gasteiger charge is 2.19. The number of rotatable bonds is 6. The number of hydrogen-bond acceptors (Lipinski definition) is 4. The van der Waals surface area contributed by atoms with Crippen LogP contribution in [-0.2, 0) is 0 Å². The van der Waals surface area contributed by atoms with E-state index >= 15 is 0 Å². The second-order valence-electron chi connectivity index (χ2n) is 4.33. The van der Waals surface area contributed by atoms with Gasteiger partial charge in [-0.05, 0) is 17.9 Å². The molecule has 2 rings (SSSR count). The predicted octanol–water partition coefficient (Wildman–Crippen LogP) is 2.33. The zero-order chi connectivity index (χ0) is 13.0. The number of imidazole rings is 1. The molecule has 0 saturated heterocycles. The summed E-state index contributed by atoms with van der Waals surface area (Å²) in [6.07, 6.45) is 5.69. The lowest BCUT2D eigenvalue weighted by Crippen LogP contribution is -2.21. The van der Waals surface area contributed by atoms with E-state index in [4.69, 9.17) is 5.73 Å². The first-order valence-corrected chi connectivity index (χ1v) is 7.07. The Labute approximate surface area is 111 Å². The van der Waals surface area contributed by atoms with Crippen LogP contribution in [0, 0.1) is 0 Å². The monoisotopic (exact) mass is 265 g/mol. The van der Waals surface area contributed by atoms with Gasteiger partial charge in [0.15, 0.2) is 0 Å². The fraction of sp³-hybridized carbons (Fsp3) is 0.462. The average Bonchev–Trinajstić information content (AvgIpc) is 3.05.